The Labute approximate surface area is 208 Å². The topological polar surface area (TPSA) is 55.4 Å². The van der Waals surface area contributed by atoms with E-state index in [9.17, 15) is 0 Å². The van der Waals surface area contributed by atoms with Crippen LogP contribution in [0.5, 0.6) is 0 Å². The number of hydrogen-bond acceptors (Lipinski definition) is 6. The molecule has 0 radical (unpaired) electrons. The minimum atomic E-state index is -2.21. The van der Waals surface area contributed by atoms with Crippen molar-refractivity contribution >= 4 is 25.7 Å². The lowest BCUT2D eigenvalue weighted by molar-refractivity contribution is 0.191. The molecule has 0 spiro atoms. The standard InChI is InChI=1S/C24H54O6Si3/c1-25-19-13-7-10-16-22-31(4)28-32(5,23-17-11-8-14-20-26-2)30-33(6,29-31)24-18-12-9-15-21-27-3/h7-24H2,1-6H3. The molecular weight excluding hydrogens is 469 g/mol. The van der Waals surface area contributed by atoms with Gasteiger partial charge >= 0.3 is 25.7 Å². The highest BCUT2D eigenvalue weighted by Crippen LogP contribution is 2.39. The molecule has 0 aromatic heterocycles. The van der Waals surface area contributed by atoms with Gasteiger partial charge in [-0.25, -0.2) is 0 Å². The first-order valence-electron chi connectivity index (χ1n) is 13.4. The highest BCUT2D eigenvalue weighted by atomic mass is 28.5. The van der Waals surface area contributed by atoms with Crippen molar-refractivity contribution in [1.29, 1.82) is 0 Å². The van der Waals surface area contributed by atoms with E-state index >= 15 is 0 Å². The quantitative estimate of drug-likeness (QED) is 0.121. The number of unbranched alkanes of at least 4 members (excludes halogenated alkanes) is 9. The third-order valence-electron chi connectivity index (χ3n) is 6.48. The van der Waals surface area contributed by atoms with Crippen LogP contribution in [0.1, 0.15) is 77.0 Å². The van der Waals surface area contributed by atoms with Crippen molar-refractivity contribution in [1.82, 2.24) is 0 Å². The molecular formula is C24H54O6Si3. The van der Waals surface area contributed by atoms with Crippen LogP contribution in [0.2, 0.25) is 37.8 Å². The number of methoxy groups -OCH3 is 3. The summed E-state index contributed by atoms with van der Waals surface area (Å²) < 4.78 is 36.2. The second-order valence-electron chi connectivity index (χ2n) is 10.2. The maximum Gasteiger partial charge on any atom is 0.317 e. The lowest BCUT2D eigenvalue weighted by Gasteiger charge is -2.50. The van der Waals surface area contributed by atoms with Gasteiger partial charge in [0.15, 0.2) is 0 Å². The van der Waals surface area contributed by atoms with Crippen LogP contribution >= 0.6 is 0 Å². The Morgan fingerprint density at radius 2 is 0.636 bits per heavy atom. The second kappa shape index (κ2) is 17.8. The highest BCUT2D eigenvalue weighted by molar-refractivity contribution is 6.93. The minimum absolute atomic E-state index is 0.861. The summed E-state index contributed by atoms with van der Waals surface area (Å²) in [7, 11) is -1.29. The van der Waals surface area contributed by atoms with Gasteiger partial charge in [-0.15, -0.1) is 0 Å². The van der Waals surface area contributed by atoms with Gasteiger partial charge in [0.25, 0.3) is 0 Å². The van der Waals surface area contributed by atoms with Crippen LogP contribution in [-0.4, -0.2) is 66.8 Å². The van der Waals surface area contributed by atoms with E-state index in [0.29, 0.717) is 0 Å². The van der Waals surface area contributed by atoms with Gasteiger partial charge in [0.1, 0.15) is 0 Å². The molecule has 6 nitrogen and oxygen atoms in total. The number of rotatable bonds is 21. The van der Waals surface area contributed by atoms with Crippen molar-refractivity contribution in [2.45, 2.75) is 115 Å². The van der Waals surface area contributed by atoms with Gasteiger partial charge in [-0.3, -0.25) is 0 Å². The number of ether oxygens (including phenoxy) is 3. The highest BCUT2D eigenvalue weighted by Gasteiger charge is 2.55. The van der Waals surface area contributed by atoms with E-state index in [-0.39, 0.29) is 0 Å². The molecule has 0 atom stereocenters. The van der Waals surface area contributed by atoms with E-state index in [1.807, 2.05) is 0 Å². The Hall–Kier alpha value is 0.411. The molecule has 1 fully saturated rings. The second-order valence-corrected chi connectivity index (χ2v) is 20.9. The predicted octanol–water partition coefficient (Wildman–Crippen LogP) is 6.89. The molecule has 1 rings (SSSR count). The summed E-state index contributed by atoms with van der Waals surface area (Å²) in [5.41, 5.74) is 0. The van der Waals surface area contributed by atoms with Gasteiger partial charge in [-0.1, -0.05) is 57.8 Å². The Balaban J connectivity index is 2.64. The molecule has 33 heavy (non-hydrogen) atoms. The van der Waals surface area contributed by atoms with Gasteiger partial charge in [-0.05, 0) is 57.0 Å². The van der Waals surface area contributed by atoms with Gasteiger partial charge in [0.2, 0.25) is 0 Å². The Kier molecular flexibility index (Phi) is 16.9. The SMILES string of the molecule is COCCCCCC[Si]1(C)O[Si](C)(CCCCCCOC)O[Si](C)(CCCCCCOC)O1. The first-order chi connectivity index (χ1) is 15.8. The average molecular weight is 523 g/mol. The van der Waals surface area contributed by atoms with Crippen LogP contribution in [0.3, 0.4) is 0 Å². The van der Waals surface area contributed by atoms with E-state index in [4.69, 9.17) is 26.6 Å². The third-order valence-corrected chi connectivity index (χ3v) is 20.6. The molecule has 198 valence electrons. The van der Waals surface area contributed by atoms with Crippen molar-refractivity contribution in [3.05, 3.63) is 0 Å². The van der Waals surface area contributed by atoms with Crippen LogP contribution < -0.4 is 0 Å². The molecule has 0 N–H and O–H groups in total. The van der Waals surface area contributed by atoms with Crippen molar-refractivity contribution in [3.63, 3.8) is 0 Å². The Bertz CT molecular complexity index is 411. The molecule has 0 aromatic rings. The first-order valence-corrected chi connectivity index (χ1v) is 20.9. The molecule has 1 aliphatic rings. The fourth-order valence-electron chi connectivity index (χ4n) is 4.88. The summed E-state index contributed by atoms with van der Waals surface area (Å²) >= 11 is 0. The largest absolute Gasteiger partial charge is 0.416 e. The fraction of sp³-hybridized carbons (Fsp3) is 1.00. The molecule has 0 amide bonds. The van der Waals surface area contributed by atoms with Crippen molar-refractivity contribution in [2.75, 3.05) is 41.2 Å². The first kappa shape index (κ1) is 31.4. The van der Waals surface area contributed by atoms with E-state index in [1.165, 1.54) is 57.8 Å². The van der Waals surface area contributed by atoms with Crippen molar-refractivity contribution in [2.24, 2.45) is 0 Å². The molecule has 0 saturated carbocycles. The Morgan fingerprint density at radius 3 is 0.879 bits per heavy atom. The maximum absolute atomic E-state index is 6.87. The van der Waals surface area contributed by atoms with Gasteiger partial charge in [-0.2, -0.15) is 0 Å². The van der Waals surface area contributed by atoms with E-state index < -0.39 is 25.7 Å². The summed E-state index contributed by atoms with van der Waals surface area (Å²) in [6.07, 6.45) is 14.4. The fourth-order valence-corrected chi connectivity index (χ4v) is 22.6. The van der Waals surface area contributed by atoms with E-state index in [2.05, 4.69) is 19.6 Å². The summed E-state index contributed by atoms with van der Waals surface area (Å²) in [6, 6.07) is 3.28. The van der Waals surface area contributed by atoms with Crippen molar-refractivity contribution in [3.8, 4) is 0 Å². The van der Waals surface area contributed by atoms with Gasteiger partial charge < -0.3 is 26.6 Å². The molecule has 0 bridgehead atoms. The molecule has 0 aromatic carbocycles. The zero-order valence-electron chi connectivity index (χ0n) is 22.7. The molecule has 9 heteroatoms. The van der Waals surface area contributed by atoms with Crippen LogP contribution in [0.4, 0.5) is 0 Å². The van der Waals surface area contributed by atoms with Crippen LogP contribution in [0.15, 0.2) is 0 Å². The summed E-state index contributed by atoms with van der Waals surface area (Å²) in [4.78, 5) is 0. The van der Waals surface area contributed by atoms with Crippen LogP contribution in [0, 0.1) is 0 Å². The molecule has 1 saturated heterocycles. The normalized spacial score (nSPS) is 27.8. The number of hydrogen-bond donors (Lipinski definition) is 0. The third kappa shape index (κ3) is 14.5. The predicted molar refractivity (Wildman–Crippen MR) is 144 cm³/mol. The monoisotopic (exact) mass is 522 g/mol. The summed E-state index contributed by atoms with van der Waals surface area (Å²) in [5.74, 6) is 0. The lowest BCUT2D eigenvalue weighted by Crippen LogP contribution is -2.67. The molecule has 1 heterocycles. The minimum Gasteiger partial charge on any atom is -0.416 e. The summed E-state index contributed by atoms with van der Waals surface area (Å²) in [5, 5.41) is 0. The molecule has 0 unspecified atom stereocenters. The van der Waals surface area contributed by atoms with E-state index in [1.54, 1.807) is 21.3 Å². The zero-order valence-corrected chi connectivity index (χ0v) is 25.7. The smallest absolute Gasteiger partial charge is 0.317 e. The molecule has 0 aliphatic carbocycles. The lowest BCUT2D eigenvalue weighted by atomic mass is 10.2. The maximum atomic E-state index is 6.87. The van der Waals surface area contributed by atoms with Crippen LogP contribution in [0.25, 0.3) is 0 Å². The summed E-state index contributed by atoms with van der Waals surface area (Å²) in [6.45, 7) is 9.54. The van der Waals surface area contributed by atoms with Gasteiger partial charge in [0.05, 0.1) is 0 Å². The van der Waals surface area contributed by atoms with Crippen molar-refractivity contribution < 1.29 is 26.6 Å². The van der Waals surface area contributed by atoms with E-state index in [0.717, 1.165) is 57.2 Å². The Morgan fingerprint density at radius 1 is 0.394 bits per heavy atom. The van der Waals surface area contributed by atoms with Crippen LogP contribution in [-0.2, 0) is 26.6 Å². The zero-order chi connectivity index (χ0) is 24.5. The molecule has 1 aliphatic heterocycles. The van der Waals surface area contributed by atoms with Gasteiger partial charge in [0, 0.05) is 41.2 Å². The average Bonchev–Trinajstić information content (AvgIpc) is 2.74.